The molecule has 22 heavy (non-hydrogen) atoms. The number of ether oxygens (including phenoxy) is 2. The van der Waals surface area contributed by atoms with Crippen LogP contribution in [-0.2, 0) is 19.1 Å². The molecule has 0 aliphatic rings. The molecule has 0 bridgehead atoms. The number of alkyl carbamates (subject to hydrolysis) is 1. The summed E-state index contributed by atoms with van der Waals surface area (Å²) in [6.07, 6.45) is 1.68. The van der Waals surface area contributed by atoms with Gasteiger partial charge in [-0.2, -0.15) is 11.8 Å². The van der Waals surface area contributed by atoms with Gasteiger partial charge in [-0.25, -0.2) is 4.79 Å². The lowest BCUT2D eigenvalue weighted by Gasteiger charge is -2.23. The van der Waals surface area contributed by atoms with Crippen LogP contribution in [0.1, 0.15) is 34.1 Å². The van der Waals surface area contributed by atoms with Gasteiger partial charge in [0.1, 0.15) is 18.2 Å². The van der Waals surface area contributed by atoms with E-state index >= 15 is 0 Å². The predicted octanol–water partition coefficient (Wildman–Crippen LogP) is 1.31. The third-order valence-electron chi connectivity index (χ3n) is 2.33. The summed E-state index contributed by atoms with van der Waals surface area (Å²) >= 11 is 1.56. The summed E-state index contributed by atoms with van der Waals surface area (Å²) < 4.78 is 9.86. The highest BCUT2D eigenvalue weighted by molar-refractivity contribution is 7.98. The lowest BCUT2D eigenvalue weighted by atomic mass is 10.2. The average molecular weight is 334 g/mol. The molecule has 2 N–H and O–H groups in total. The summed E-state index contributed by atoms with van der Waals surface area (Å²) in [5.74, 6) is -0.266. The Bertz CT molecular complexity index is 382. The molecular formula is C14H26N2O5S. The first-order valence-corrected chi connectivity index (χ1v) is 8.50. The maximum Gasteiger partial charge on any atom is 0.408 e. The first kappa shape index (κ1) is 20.6. The lowest BCUT2D eigenvalue weighted by molar-refractivity contribution is -0.143. The maximum atomic E-state index is 12.1. The predicted molar refractivity (Wildman–Crippen MR) is 85.8 cm³/mol. The maximum absolute atomic E-state index is 12.1. The van der Waals surface area contributed by atoms with Crippen molar-refractivity contribution in [2.24, 2.45) is 0 Å². The molecule has 0 spiro atoms. The zero-order valence-electron chi connectivity index (χ0n) is 13.9. The van der Waals surface area contributed by atoms with Gasteiger partial charge in [-0.3, -0.25) is 9.59 Å². The molecule has 0 fully saturated rings. The van der Waals surface area contributed by atoms with E-state index in [-0.39, 0.29) is 13.2 Å². The smallest absolute Gasteiger partial charge is 0.408 e. The van der Waals surface area contributed by atoms with Gasteiger partial charge in [0, 0.05) is 0 Å². The highest BCUT2D eigenvalue weighted by Crippen LogP contribution is 2.08. The SMILES string of the molecule is CCOC(=O)CNC(=O)[C@H](CCSC)NC(=O)OC(C)(C)C. The van der Waals surface area contributed by atoms with Crippen LogP contribution >= 0.6 is 11.8 Å². The summed E-state index contributed by atoms with van der Waals surface area (Å²) in [6, 6.07) is -0.753. The fourth-order valence-electron chi connectivity index (χ4n) is 1.45. The molecule has 0 aliphatic heterocycles. The summed E-state index contributed by atoms with van der Waals surface area (Å²) in [5, 5.41) is 4.98. The van der Waals surface area contributed by atoms with Crippen molar-refractivity contribution < 1.29 is 23.9 Å². The van der Waals surface area contributed by atoms with Gasteiger partial charge in [0.25, 0.3) is 0 Å². The van der Waals surface area contributed by atoms with Gasteiger partial charge in [-0.15, -0.1) is 0 Å². The van der Waals surface area contributed by atoms with Gasteiger partial charge in [-0.05, 0) is 46.1 Å². The Labute approximate surface area is 135 Å². The van der Waals surface area contributed by atoms with Gasteiger partial charge in [-0.1, -0.05) is 0 Å². The Hall–Kier alpha value is -1.44. The van der Waals surface area contributed by atoms with Crippen LogP contribution in [-0.4, -0.2) is 54.8 Å². The van der Waals surface area contributed by atoms with Crippen LogP contribution in [0.25, 0.3) is 0 Å². The Morgan fingerprint density at radius 2 is 1.86 bits per heavy atom. The van der Waals surface area contributed by atoms with E-state index in [1.807, 2.05) is 6.26 Å². The Balaban J connectivity index is 4.51. The molecule has 0 heterocycles. The van der Waals surface area contributed by atoms with Crippen molar-refractivity contribution in [2.75, 3.05) is 25.2 Å². The molecular weight excluding hydrogens is 308 g/mol. The molecule has 0 aromatic rings. The van der Waals surface area contributed by atoms with Crippen molar-refractivity contribution in [3.8, 4) is 0 Å². The molecule has 7 nitrogen and oxygen atoms in total. The third-order valence-corrected chi connectivity index (χ3v) is 2.97. The minimum atomic E-state index is -0.753. The largest absolute Gasteiger partial charge is 0.465 e. The van der Waals surface area contributed by atoms with E-state index in [0.717, 1.165) is 0 Å². The number of esters is 1. The molecule has 0 unspecified atom stereocenters. The normalized spacial score (nSPS) is 12.2. The van der Waals surface area contributed by atoms with Crippen molar-refractivity contribution in [3.63, 3.8) is 0 Å². The monoisotopic (exact) mass is 334 g/mol. The fourth-order valence-corrected chi connectivity index (χ4v) is 1.92. The van der Waals surface area contributed by atoms with Gasteiger partial charge in [0.05, 0.1) is 6.61 Å². The highest BCUT2D eigenvalue weighted by Gasteiger charge is 2.24. The number of thioether (sulfide) groups is 1. The molecule has 0 aromatic carbocycles. The van der Waals surface area contributed by atoms with Crippen molar-refractivity contribution in [2.45, 2.75) is 45.8 Å². The lowest BCUT2D eigenvalue weighted by Crippen LogP contribution is -2.49. The third kappa shape index (κ3) is 10.3. The summed E-state index contributed by atoms with van der Waals surface area (Å²) in [7, 11) is 0. The molecule has 0 aromatic heterocycles. The summed E-state index contributed by atoms with van der Waals surface area (Å²) in [4.78, 5) is 35.1. The first-order valence-electron chi connectivity index (χ1n) is 7.11. The van der Waals surface area contributed by atoms with Crippen molar-refractivity contribution in [1.29, 1.82) is 0 Å². The van der Waals surface area contributed by atoms with Gasteiger partial charge in [0.2, 0.25) is 5.91 Å². The van der Waals surface area contributed by atoms with Crippen LogP contribution < -0.4 is 10.6 Å². The Morgan fingerprint density at radius 1 is 1.23 bits per heavy atom. The van der Waals surface area contributed by atoms with Crippen LogP contribution in [0.5, 0.6) is 0 Å². The van der Waals surface area contributed by atoms with Gasteiger partial charge >= 0.3 is 12.1 Å². The van der Waals surface area contributed by atoms with E-state index in [2.05, 4.69) is 10.6 Å². The van der Waals surface area contributed by atoms with Crippen molar-refractivity contribution >= 4 is 29.7 Å². The van der Waals surface area contributed by atoms with E-state index in [0.29, 0.717) is 12.2 Å². The Morgan fingerprint density at radius 3 is 2.36 bits per heavy atom. The van der Waals surface area contributed by atoms with E-state index < -0.39 is 29.6 Å². The van der Waals surface area contributed by atoms with E-state index in [1.165, 1.54) is 0 Å². The molecule has 128 valence electrons. The van der Waals surface area contributed by atoms with Crippen LogP contribution in [0, 0.1) is 0 Å². The topological polar surface area (TPSA) is 93.7 Å². The second-order valence-corrected chi connectivity index (χ2v) is 6.49. The second-order valence-electron chi connectivity index (χ2n) is 5.50. The summed E-state index contributed by atoms with van der Waals surface area (Å²) in [6.45, 7) is 6.93. The number of carbonyl (C=O) groups excluding carboxylic acids is 3. The molecule has 1 atom stereocenters. The molecule has 2 amide bonds. The van der Waals surface area contributed by atoms with E-state index in [1.54, 1.807) is 39.5 Å². The fraction of sp³-hybridized carbons (Fsp3) is 0.786. The zero-order chi connectivity index (χ0) is 17.2. The molecule has 0 saturated heterocycles. The standard InChI is InChI=1S/C14H26N2O5S/c1-6-20-11(17)9-15-12(18)10(7-8-22-5)16-13(19)21-14(2,3)4/h10H,6-9H2,1-5H3,(H,15,18)(H,16,19)/t10-/m0/s1. The van der Waals surface area contributed by atoms with Crippen LogP contribution in [0.2, 0.25) is 0 Å². The molecule has 0 aliphatic carbocycles. The molecule has 0 radical (unpaired) electrons. The van der Waals surface area contributed by atoms with E-state index in [4.69, 9.17) is 9.47 Å². The summed E-state index contributed by atoms with van der Waals surface area (Å²) in [5.41, 5.74) is -0.643. The number of hydrogen-bond acceptors (Lipinski definition) is 6. The van der Waals surface area contributed by atoms with Crippen molar-refractivity contribution in [1.82, 2.24) is 10.6 Å². The quantitative estimate of drug-likeness (QED) is 0.650. The second kappa shape index (κ2) is 10.3. The molecule has 0 saturated carbocycles. The molecule has 8 heteroatoms. The van der Waals surface area contributed by atoms with Crippen LogP contribution in [0.4, 0.5) is 4.79 Å². The zero-order valence-corrected chi connectivity index (χ0v) is 14.7. The Kier molecular flexibility index (Phi) is 9.64. The van der Waals surface area contributed by atoms with Gasteiger partial charge < -0.3 is 20.1 Å². The van der Waals surface area contributed by atoms with Crippen LogP contribution in [0.15, 0.2) is 0 Å². The van der Waals surface area contributed by atoms with E-state index in [9.17, 15) is 14.4 Å². The number of hydrogen-bond donors (Lipinski definition) is 2. The molecule has 0 rings (SSSR count). The van der Waals surface area contributed by atoms with Gasteiger partial charge in [0.15, 0.2) is 0 Å². The average Bonchev–Trinajstić information content (AvgIpc) is 2.39. The number of carbonyl (C=O) groups is 3. The van der Waals surface area contributed by atoms with Crippen LogP contribution in [0.3, 0.4) is 0 Å². The number of rotatable bonds is 8. The minimum absolute atomic E-state index is 0.224. The van der Waals surface area contributed by atoms with Crippen molar-refractivity contribution in [3.05, 3.63) is 0 Å². The highest BCUT2D eigenvalue weighted by atomic mass is 32.2. The first-order chi connectivity index (χ1) is 10.2. The minimum Gasteiger partial charge on any atom is -0.465 e. The number of amides is 2. The number of nitrogens with one attached hydrogen (secondary N) is 2.